The molecule has 0 radical (unpaired) electrons. The minimum atomic E-state index is -0.404. The second kappa shape index (κ2) is 7.87. The van der Waals surface area contributed by atoms with Crippen LogP contribution in [0.1, 0.15) is 17.5 Å². The number of hydrogen-bond donors (Lipinski definition) is 1. The number of carbonyl (C=O) groups excluding carboxylic acids is 2. The number of benzene rings is 2. The first-order chi connectivity index (χ1) is 12.5. The Kier molecular flexibility index (Phi) is 5.57. The van der Waals surface area contributed by atoms with E-state index in [-0.39, 0.29) is 24.1 Å². The molecular formula is C20H20ClFN2O2. The van der Waals surface area contributed by atoms with Crippen LogP contribution in [0.5, 0.6) is 0 Å². The van der Waals surface area contributed by atoms with Gasteiger partial charge in [0.15, 0.2) is 0 Å². The summed E-state index contributed by atoms with van der Waals surface area (Å²) in [5.74, 6) is -0.936. The summed E-state index contributed by atoms with van der Waals surface area (Å²) in [6.07, 6.45) is 0.590. The van der Waals surface area contributed by atoms with Crippen molar-refractivity contribution in [1.29, 1.82) is 0 Å². The molecule has 6 heteroatoms. The third-order valence-corrected chi connectivity index (χ3v) is 4.83. The van der Waals surface area contributed by atoms with Crippen LogP contribution in [0.4, 0.5) is 10.1 Å². The van der Waals surface area contributed by atoms with Crippen molar-refractivity contribution < 1.29 is 14.0 Å². The van der Waals surface area contributed by atoms with Crippen LogP contribution in [0.2, 0.25) is 5.02 Å². The summed E-state index contributed by atoms with van der Waals surface area (Å²) in [6.45, 7) is 2.56. The van der Waals surface area contributed by atoms with Crippen LogP contribution in [0.3, 0.4) is 0 Å². The Balaban J connectivity index is 1.58. The predicted molar refractivity (Wildman–Crippen MR) is 99.8 cm³/mol. The Bertz CT molecular complexity index is 840. The zero-order valence-corrected chi connectivity index (χ0v) is 15.2. The Morgan fingerprint density at radius 3 is 2.81 bits per heavy atom. The number of anilines is 1. The topological polar surface area (TPSA) is 49.4 Å². The maximum Gasteiger partial charge on any atom is 0.227 e. The van der Waals surface area contributed by atoms with Crippen LogP contribution in [-0.4, -0.2) is 24.9 Å². The Labute approximate surface area is 157 Å². The molecular weight excluding hydrogens is 355 g/mol. The second-order valence-electron chi connectivity index (χ2n) is 6.47. The van der Waals surface area contributed by atoms with E-state index in [0.29, 0.717) is 30.1 Å². The lowest BCUT2D eigenvalue weighted by Crippen LogP contribution is -2.34. The lowest BCUT2D eigenvalue weighted by atomic mass is 10.1. The molecule has 0 aromatic heterocycles. The van der Waals surface area contributed by atoms with Gasteiger partial charge in [0.1, 0.15) is 5.82 Å². The van der Waals surface area contributed by atoms with Crippen LogP contribution in [0.25, 0.3) is 0 Å². The monoisotopic (exact) mass is 374 g/mol. The largest absolute Gasteiger partial charge is 0.355 e. The highest BCUT2D eigenvalue weighted by Crippen LogP contribution is 2.29. The Hall–Kier alpha value is -2.40. The average molecular weight is 375 g/mol. The number of amides is 2. The molecule has 3 rings (SSSR count). The van der Waals surface area contributed by atoms with Crippen molar-refractivity contribution in [2.24, 2.45) is 5.92 Å². The zero-order chi connectivity index (χ0) is 18.7. The van der Waals surface area contributed by atoms with Crippen molar-refractivity contribution in [2.45, 2.75) is 19.8 Å². The molecule has 0 spiro atoms. The van der Waals surface area contributed by atoms with Gasteiger partial charge >= 0.3 is 0 Å². The zero-order valence-electron chi connectivity index (χ0n) is 14.5. The third-order valence-electron chi connectivity index (χ3n) is 4.60. The highest BCUT2D eigenvalue weighted by Gasteiger charge is 2.35. The van der Waals surface area contributed by atoms with Crippen molar-refractivity contribution in [3.8, 4) is 0 Å². The fraction of sp³-hybridized carbons (Fsp3) is 0.300. The molecule has 0 bridgehead atoms. The van der Waals surface area contributed by atoms with Crippen molar-refractivity contribution >= 4 is 29.1 Å². The van der Waals surface area contributed by atoms with E-state index < -0.39 is 5.92 Å². The highest BCUT2D eigenvalue weighted by molar-refractivity contribution is 6.30. The third kappa shape index (κ3) is 4.05. The number of carbonyl (C=O) groups is 2. The summed E-state index contributed by atoms with van der Waals surface area (Å²) in [5.41, 5.74) is 2.24. The molecule has 2 amide bonds. The van der Waals surface area contributed by atoms with Gasteiger partial charge in [0.25, 0.3) is 0 Å². The number of nitrogens with zero attached hydrogens (tertiary/aromatic N) is 1. The molecule has 1 heterocycles. The summed E-state index contributed by atoms with van der Waals surface area (Å²) >= 11 is 5.96. The van der Waals surface area contributed by atoms with E-state index in [0.717, 1.165) is 11.3 Å². The minimum absolute atomic E-state index is 0.0790. The summed E-state index contributed by atoms with van der Waals surface area (Å²) in [4.78, 5) is 26.3. The Morgan fingerprint density at radius 2 is 2.08 bits per heavy atom. The first-order valence-corrected chi connectivity index (χ1v) is 8.91. The van der Waals surface area contributed by atoms with Crippen molar-refractivity contribution in [1.82, 2.24) is 5.32 Å². The van der Waals surface area contributed by atoms with Gasteiger partial charge in [0.05, 0.1) is 5.92 Å². The predicted octanol–water partition coefficient (Wildman–Crippen LogP) is 3.50. The normalized spacial score (nSPS) is 16.8. The molecule has 1 fully saturated rings. The highest BCUT2D eigenvalue weighted by atomic mass is 35.5. The first kappa shape index (κ1) is 18.4. The molecule has 0 saturated carbocycles. The SMILES string of the molecule is Cc1cc(Cl)ccc1N1CC(C(=O)NCCc2ccccc2F)CC1=O. The molecule has 1 aliphatic rings. The smallest absolute Gasteiger partial charge is 0.227 e. The van der Waals surface area contributed by atoms with E-state index in [1.165, 1.54) is 6.07 Å². The van der Waals surface area contributed by atoms with Crippen LogP contribution in [0.15, 0.2) is 42.5 Å². The molecule has 26 heavy (non-hydrogen) atoms. The summed E-state index contributed by atoms with van der Waals surface area (Å²) in [6, 6.07) is 11.8. The van der Waals surface area contributed by atoms with Crippen molar-refractivity contribution in [3.63, 3.8) is 0 Å². The van der Waals surface area contributed by atoms with Gasteiger partial charge in [-0.3, -0.25) is 9.59 Å². The van der Waals surface area contributed by atoms with E-state index in [4.69, 9.17) is 11.6 Å². The molecule has 1 aliphatic heterocycles. The first-order valence-electron chi connectivity index (χ1n) is 8.53. The minimum Gasteiger partial charge on any atom is -0.355 e. The fourth-order valence-electron chi connectivity index (χ4n) is 3.20. The fourth-order valence-corrected chi connectivity index (χ4v) is 3.43. The summed E-state index contributed by atoms with van der Waals surface area (Å²) in [5, 5.41) is 3.42. The molecule has 4 nitrogen and oxygen atoms in total. The number of halogens is 2. The van der Waals surface area contributed by atoms with Gasteiger partial charge in [-0.05, 0) is 48.7 Å². The van der Waals surface area contributed by atoms with Crippen LogP contribution in [-0.2, 0) is 16.0 Å². The molecule has 136 valence electrons. The Morgan fingerprint density at radius 1 is 1.31 bits per heavy atom. The summed E-state index contributed by atoms with van der Waals surface area (Å²) < 4.78 is 13.6. The quantitative estimate of drug-likeness (QED) is 0.870. The molecule has 0 aliphatic carbocycles. The van der Waals surface area contributed by atoms with Crippen LogP contribution < -0.4 is 10.2 Å². The lowest BCUT2D eigenvalue weighted by molar-refractivity contribution is -0.126. The molecule has 1 atom stereocenters. The summed E-state index contributed by atoms with van der Waals surface area (Å²) in [7, 11) is 0. The average Bonchev–Trinajstić information content (AvgIpc) is 2.98. The van der Waals surface area contributed by atoms with Crippen LogP contribution >= 0.6 is 11.6 Å². The van der Waals surface area contributed by atoms with E-state index >= 15 is 0 Å². The molecule has 2 aromatic rings. The van der Waals surface area contributed by atoms with E-state index in [1.54, 1.807) is 41.3 Å². The van der Waals surface area contributed by atoms with E-state index in [2.05, 4.69) is 5.32 Å². The van der Waals surface area contributed by atoms with Crippen LogP contribution in [0, 0.1) is 18.7 Å². The van der Waals surface area contributed by atoms with E-state index in [1.807, 2.05) is 6.92 Å². The van der Waals surface area contributed by atoms with Gasteiger partial charge in [0.2, 0.25) is 11.8 Å². The number of rotatable bonds is 5. The van der Waals surface area contributed by atoms with Crippen molar-refractivity contribution in [3.05, 3.63) is 64.4 Å². The molecule has 2 aromatic carbocycles. The maximum atomic E-state index is 13.6. The van der Waals surface area contributed by atoms with Gasteiger partial charge in [-0.1, -0.05) is 29.8 Å². The second-order valence-corrected chi connectivity index (χ2v) is 6.91. The molecule has 1 unspecified atom stereocenters. The van der Waals surface area contributed by atoms with Gasteiger partial charge in [-0.2, -0.15) is 0 Å². The molecule has 1 N–H and O–H groups in total. The number of aryl methyl sites for hydroxylation is 1. The van der Waals surface area contributed by atoms with E-state index in [9.17, 15) is 14.0 Å². The van der Waals surface area contributed by atoms with Gasteiger partial charge < -0.3 is 10.2 Å². The number of nitrogens with one attached hydrogen (secondary N) is 1. The maximum absolute atomic E-state index is 13.6. The standard InChI is InChI=1S/C20H20ClFN2O2/c1-13-10-16(21)6-7-18(13)24-12-15(11-19(24)25)20(26)23-9-8-14-4-2-3-5-17(14)22/h2-7,10,15H,8-9,11-12H2,1H3,(H,23,26). The van der Waals surface area contributed by atoms with Gasteiger partial charge in [0, 0.05) is 30.2 Å². The van der Waals surface area contributed by atoms with Gasteiger partial charge in [-0.25, -0.2) is 4.39 Å². The number of hydrogen-bond acceptors (Lipinski definition) is 2. The van der Waals surface area contributed by atoms with Gasteiger partial charge in [-0.15, -0.1) is 0 Å². The lowest BCUT2D eigenvalue weighted by Gasteiger charge is -2.19. The van der Waals surface area contributed by atoms with Crippen molar-refractivity contribution in [2.75, 3.05) is 18.0 Å². The molecule has 1 saturated heterocycles.